The number of esters is 1. The molecule has 2 aromatic carbocycles. The van der Waals surface area contributed by atoms with E-state index < -0.39 is 116 Å². The summed E-state index contributed by atoms with van der Waals surface area (Å²) in [6.45, 7) is 12.1. The Bertz CT molecular complexity index is 2000. The highest BCUT2D eigenvalue weighted by atomic mass is 16.7. The number of ether oxygens (including phenoxy) is 4. The number of benzene rings is 2. The van der Waals surface area contributed by atoms with E-state index in [1.807, 2.05) is 0 Å². The predicted octanol–water partition coefficient (Wildman–Crippen LogP) is 5.00. The fourth-order valence-electron chi connectivity index (χ4n) is 7.04. The second-order valence-electron chi connectivity index (χ2n) is 14.2. The molecule has 5 bridgehead atoms. The molecule has 6 N–H and O–H groups in total. The van der Waals surface area contributed by atoms with Crippen LogP contribution in [0, 0.1) is 40.7 Å². The van der Waals surface area contributed by atoms with Gasteiger partial charge >= 0.3 is 11.8 Å². The highest BCUT2D eigenvalue weighted by Crippen LogP contribution is 2.55. The zero-order valence-corrected chi connectivity index (χ0v) is 32.0. The van der Waals surface area contributed by atoms with Crippen molar-refractivity contribution in [1.29, 1.82) is 0 Å². The number of Topliss-reactive ketones (excluding diaryl/α,β-unsaturated/α-hetero) is 1. The minimum atomic E-state index is -2.12. The smallest absolute Gasteiger partial charge is 0.312 e. The molecular formula is C39H48N2O14. The number of carbonyl (C=O) groups excluding carboxylic acids is 3. The molecule has 0 unspecified atom stereocenters. The maximum absolute atomic E-state index is 14.2. The van der Waals surface area contributed by atoms with Gasteiger partial charge in [-0.25, -0.2) is 0 Å². The van der Waals surface area contributed by atoms with Crippen LogP contribution in [0.5, 0.6) is 23.0 Å². The van der Waals surface area contributed by atoms with Gasteiger partial charge in [0, 0.05) is 67.2 Å². The Balaban J connectivity index is 1.98. The van der Waals surface area contributed by atoms with Gasteiger partial charge < -0.3 is 49.8 Å². The highest BCUT2D eigenvalue weighted by molar-refractivity contribution is 6.22. The molecule has 0 aromatic heterocycles. The van der Waals surface area contributed by atoms with Crippen molar-refractivity contribution in [2.75, 3.05) is 12.4 Å². The van der Waals surface area contributed by atoms with Crippen LogP contribution in [0.2, 0.25) is 0 Å². The summed E-state index contributed by atoms with van der Waals surface area (Å²) in [7, 11) is 1.40. The van der Waals surface area contributed by atoms with Crippen molar-refractivity contribution in [2.45, 2.75) is 85.6 Å². The van der Waals surface area contributed by atoms with E-state index in [0.717, 1.165) is 12.3 Å². The number of nitrogens with one attached hydrogen (secondary N) is 1. The van der Waals surface area contributed by atoms with Crippen molar-refractivity contribution in [3.05, 3.63) is 69.1 Å². The number of carbonyl (C=O) groups is 3. The van der Waals surface area contributed by atoms with Gasteiger partial charge in [0.25, 0.3) is 11.7 Å². The van der Waals surface area contributed by atoms with Crippen LogP contribution in [0.4, 0.5) is 5.69 Å². The molecule has 298 valence electrons. The lowest BCUT2D eigenvalue weighted by molar-refractivity contribution is -0.400. The third-order valence-electron chi connectivity index (χ3n) is 10.4. The quantitative estimate of drug-likeness (QED) is 0.0788. The fraction of sp³-hybridized carbons (Fsp3) is 0.462. The maximum Gasteiger partial charge on any atom is 0.312 e. The van der Waals surface area contributed by atoms with Crippen LogP contribution >= 0.6 is 0 Å². The molecule has 9 atom stereocenters. The number of aromatic hydroxyl groups is 3. The molecule has 2 aromatic rings. The molecule has 0 fully saturated rings. The van der Waals surface area contributed by atoms with Crippen LogP contribution in [0.25, 0.3) is 16.8 Å². The second kappa shape index (κ2) is 16.5. The number of fused-ring (bicyclic) bond motifs is 14. The van der Waals surface area contributed by atoms with E-state index >= 15 is 0 Å². The largest absolute Gasteiger partial charge is 0.507 e. The molecule has 0 aliphatic carbocycles. The first kappa shape index (κ1) is 42.3. The molecule has 55 heavy (non-hydrogen) atoms. The van der Waals surface area contributed by atoms with E-state index in [-0.39, 0.29) is 22.4 Å². The lowest BCUT2D eigenvalue weighted by atomic mass is 9.78. The van der Waals surface area contributed by atoms with Crippen molar-refractivity contribution in [2.24, 2.45) is 23.7 Å². The molecule has 3 heterocycles. The number of nitrogens with zero attached hydrogens (tertiary/aromatic N) is 1. The average molecular weight is 769 g/mol. The second-order valence-corrected chi connectivity index (χ2v) is 14.2. The Morgan fingerprint density at radius 1 is 0.982 bits per heavy atom. The van der Waals surface area contributed by atoms with Crippen molar-refractivity contribution in [1.82, 2.24) is 0 Å². The molecule has 3 aliphatic rings. The first-order valence-electron chi connectivity index (χ1n) is 17.6. The number of aliphatic hydroxyl groups excluding tert-OH is 2. The summed E-state index contributed by atoms with van der Waals surface area (Å²) in [5.41, 5.74) is -1.27. The number of anilines is 1. The molecule has 16 heteroatoms. The number of aliphatic hydroxyl groups is 2. The van der Waals surface area contributed by atoms with Gasteiger partial charge in [-0.15, -0.1) is 0 Å². The number of nitro groups is 1. The normalized spacial score (nSPS) is 29.3. The van der Waals surface area contributed by atoms with Gasteiger partial charge in [0.15, 0.2) is 5.75 Å². The lowest BCUT2D eigenvalue weighted by Gasteiger charge is -2.38. The Labute approximate surface area is 317 Å². The molecule has 5 rings (SSSR count). The number of phenols is 3. The van der Waals surface area contributed by atoms with Crippen LogP contribution < -0.4 is 10.1 Å². The number of amides is 1. The average Bonchev–Trinajstić information content (AvgIpc) is 3.39. The van der Waals surface area contributed by atoms with E-state index in [4.69, 9.17) is 18.9 Å². The number of phenolic OH excluding ortho intramolecular Hbond substituents is 3. The first-order valence-corrected chi connectivity index (χ1v) is 17.6. The van der Waals surface area contributed by atoms with E-state index in [2.05, 4.69) is 5.32 Å². The molecule has 3 aliphatic heterocycles. The van der Waals surface area contributed by atoms with E-state index in [1.54, 1.807) is 33.8 Å². The SMILES string of the molecule is CO[C@H]1C=CO[C@@]2(C)Oc3c(C)c(O)c4c(O)c(c(C=C[N+](=O)[O-])c(O)c4c3C2=O)NC(=O)C(C)=CC=C[C@H](C)[C@H](O)[C@@H](C)[C@@H](O)[C@@H](C)[C@H](OC(C)=O)[C@@H]1C. The summed E-state index contributed by atoms with van der Waals surface area (Å²) >= 11 is 0. The summed E-state index contributed by atoms with van der Waals surface area (Å²) in [5.74, 6) is -9.51. The molecule has 16 nitrogen and oxygen atoms in total. The number of allylic oxidation sites excluding steroid dienone is 2. The number of ketones is 1. The number of hydrogen-bond acceptors (Lipinski definition) is 14. The number of rotatable bonds is 4. The van der Waals surface area contributed by atoms with Crippen LogP contribution in [0.15, 0.2) is 42.3 Å². The van der Waals surface area contributed by atoms with Crippen LogP contribution in [0.1, 0.15) is 70.0 Å². The first-order chi connectivity index (χ1) is 25.7. The number of methoxy groups -OCH3 is 1. The zero-order valence-electron chi connectivity index (χ0n) is 32.0. The monoisotopic (exact) mass is 768 g/mol. The highest BCUT2D eigenvalue weighted by Gasteiger charge is 2.50. The fourth-order valence-corrected chi connectivity index (χ4v) is 7.04. The molecule has 1 amide bonds. The summed E-state index contributed by atoms with van der Waals surface area (Å²) in [4.78, 5) is 50.4. The van der Waals surface area contributed by atoms with Crippen molar-refractivity contribution in [3.8, 4) is 23.0 Å². The molecular weight excluding hydrogens is 720 g/mol. The standard InChI is InChI=1S/C39H48N2O14/c1-17-11-10-12-18(2)38(49)40-29-24(13-15-41(50)51)33(46)26-27(34(29)47)32(45)22(6)36-28(26)37(48)39(8,55-36)53-16-14-25(52-9)19(3)35(54-23(7)42)21(5)31(44)20(4)30(17)43/h10-17,19-21,25,30-31,35,43-47H,1-9H3,(H,40,49)/t17-,19+,20+,21+,25-,30-,31+,35+,39-/m0/s1. The van der Waals surface area contributed by atoms with Crippen LogP contribution in [-0.4, -0.2) is 85.4 Å². The third-order valence-corrected chi connectivity index (χ3v) is 10.4. The van der Waals surface area contributed by atoms with Crippen LogP contribution in [0.3, 0.4) is 0 Å². The molecule has 0 saturated carbocycles. The molecule has 0 radical (unpaired) electrons. The van der Waals surface area contributed by atoms with E-state index in [9.17, 15) is 50.0 Å². The van der Waals surface area contributed by atoms with Crippen molar-refractivity contribution in [3.63, 3.8) is 0 Å². The minimum absolute atomic E-state index is 0.0369. The Morgan fingerprint density at radius 3 is 2.24 bits per heavy atom. The number of hydrogen-bond donors (Lipinski definition) is 6. The third kappa shape index (κ3) is 8.16. The predicted molar refractivity (Wildman–Crippen MR) is 200 cm³/mol. The maximum atomic E-state index is 14.2. The van der Waals surface area contributed by atoms with E-state index in [0.29, 0.717) is 6.20 Å². The van der Waals surface area contributed by atoms with Gasteiger partial charge in [-0.1, -0.05) is 45.9 Å². The Hall–Kier alpha value is -5.45. The van der Waals surface area contributed by atoms with Gasteiger partial charge in [-0.05, 0) is 19.9 Å². The summed E-state index contributed by atoms with van der Waals surface area (Å²) in [6.07, 6.45) is 4.29. The summed E-state index contributed by atoms with van der Waals surface area (Å²) < 4.78 is 23.2. The minimum Gasteiger partial charge on any atom is -0.507 e. The zero-order chi connectivity index (χ0) is 41.3. The van der Waals surface area contributed by atoms with Gasteiger partial charge in [-0.2, -0.15) is 0 Å². The topological polar surface area (TPSA) is 244 Å². The Kier molecular flexibility index (Phi) is 12.7. The summed E-state index contributed by atoms with van der Waals surface area (Å²) in [5, 5.41) is 70.2. The van der Waals surface area contributed by atoms with Gasteiger partial charge in [0.1, 0.15) is 23.4 Å². The lowest BCUT2D eigenvalue weighted by Crippen LogP contribution is -2.46. The van der Waals surface area contributed by atoms with Gasteiger partial charge in [-0.3, -0.25) is 24.5 Å². The van der Waals surface area contributed by atoms with Gasteiger partial charge in [0.2, 0.25) is 6.20 Å². The van der Waals surface area contributed by atoms with Crippen molar-refractivity contribution < 1.29 is 63.8 Å². The van der Waals surface area contributed by atoms with E-state index in [1.165, 1.54) is 53.0 Å². The van der Waals surface area contributed by atoms with Gasteiger partial charge in [0.05, 0.1) is 51.7 Å². The van der Waals surface area contributed by atoms with Crippen molar-refractivity contribution >= 4 is 40.2 Å². The Morgan fingerprint density at radius 2 is 1.64 bits per heavy atom. The van der Waals surface area contributed by atoms with Crippen LogP contribution in [-0.2, 0) is 23.8 Å². The molecule has 0 saturated heterocycles. The summed E-state index contributed by atoms with van der Waals surface area (Å²) in [6, 6.07) is 0. The molecule has 0 spiro atoms.